The fourth-order valence-corrected chi connectivity index (χ4v) is 3.98. The van der Waals surface area contributed by atoms with Crippen molar-refractivity contribution in [3.05, 3.63) is 23.8 Å². The van der Waals surface area contributed by atoms with Gasteiger partial charge >= 0.3 is 0 Å². The SMILES string of the molecule is COc1ccc(CN2C[C@H]3CCCN3C[C@@H]2CCO)cc1OC. The van der Waals surface area contributed by atoms with Gasteiger partial charge in [0.15, 0.2) is 11.5 Å². The van der Waals surface area contributed by atoms with Crippen molar-refractivity contribution in [3.63, 3.8) is 0 Å². The smallest absolute Gasteiger partial charge is 0.161 e. The number of nitrogens with zero attached hydrogens (tertiary/aromatic N) is 2. The molecule has 0 amide bonds. The minimum atomic E-state index is 0.256. The van der Waals surface area contributed by atoms with Crippen LogP contribution in [0.1, 0.15) is 24.8 Å². The molecule has 2 saturated heterocycles. The first-order chi connectivity index (χ1) is 11.2. The molecule has 2 aliphatic heterocycles. The summed E-state index contributed by atoms with van der Waals surface area (Å²) in [7, 11) is 3.33. The molecule has 1 aromatic carbocycles. The van der Waals surface area contributed by atoms with Crippen LogP contribution in [0.15, 0.2) is 18.2 Å². The van der Waals surface area contributed by atoms with Crippen LogP contribution in [0.5, 0.6) is 11.5 Å². The molecule has 0 radical (unpaired) electrons. The second-order valence-electron chi connectivity index (χ2n) is 6.58. The quantitative estimate of drug-likeness (QED) is 0.865. The molecule has 5 nitrogen and oxygen atoms in total. The zero-order chi connectivity index (χ0) is 16.2. The summed E-state index contributed by atoms with van der Waals surface area (Å²) in [6.45, 7) is 4.55. The molecular weight excluding hydrogens is 292 g/mol. The van der Waals surface area contributed by atoms with Crippen molar-refractivity contribution in [1.82, 2.24) is 9.80 Å². The number of benzene rings is 1. The highest BCUT2D eigenvalue weighted by Gasteiger charge is 2.35. The standard InChI is InChI=1S/C18H28N2O3/c1-22-17-6-5-14(10-18(17)23-2)11-20-13-15-4-3-8-19(15)12-16(20)7-9-21/h5-6,10,15-16,21H,3-4,7-9,11-13H2,1-2H3/t15-,16+/m1/s1. The molecule has 0 aromatic heterocycles. The Bertz CT molecular complexity index is 523. The molecule has 0 spiro atoms. The predicted octanol–water partition coefficient (Wildman–Crippen LogP) is 1.73. The number of hydrogen-bond donors (Lipinski definition) is 1. The van der Waals surface area contributed by atoms with E-state index in [0.717, 1.165) is 37.6 Å². The monoisotopic (exact) mass is 320 g/mol. The van der Waals surface area contributed by atoms with E-state index >= 15 is 0 Å². The van der Waals surface area contributed by atoms with Gasteiger partial charge in [0.2, 0.25) is 0 Å². The summed E-state index contributed by atoms with van der Waals surface area (Å²) in [4.78, 5) is 5.13. The molecule has 2 aliphatic rings. The third kappa shape index (κ3) is 3.62. The third-order valence-corrected chi connectivity index (χ3v) is 5.20. The van der Waals surface area contributed by atoms with Crippen LogP contribution < -0.4 is 9.47 Å². The van der Waals surface area contributed by atoms with Crippen LogP contribution in [0.25, 0.3) is 0 Å². The summed E-state index contributed by atoms with van der Waals surface area (Å²) in [5.41, 5.74) is 1.23. The maximum atomic E-state index is 9.41. The van der Waals surface area contributed by atoms with Gasteiger partial charge in [-0.2, -0.15) is 0 Å². The number of aliphatic hydroxyl groups excluding tert-OH is 1. The lowest BCUT2D eigenvalue weighted by Gasteiger charge is -2.43. The summed E-state index contributed by atoms with van der Waals surface area (Å²) in [5.74, 6) is 1.55. The first kappa shape index (κ1) is 16.6. The van der Waals surface area contributed by atoms with Crippen LogP contribution in [0.3, 0.4) is 0 Å². The molecular formula is C18H28N2O3. The molecule has 0 saturated carbocycles. The van der Waals surface area contributed by atoms with Crippen molar-refractivity contribution in [3.8, 4) is 11.5 Å². The molecule has 2 fully saturated rings. The van der Waals surface area contributed by atoms with Crippen LogP contribution in [0.2, 0.25) is 0 Å². The van der Waals surface area contributed by atoms with Crippen LogP contribution >= 0.6 is 0 Å². The van der Waals surface area contributed by atoms with Crippen LogP contribution in [0, 0.1) is 0 Å². The molecule has 23 heavy (non-hydrogen) atoms. The minimum Gasteiger partial charge on any atom is -0.493 e. The average molecular weight is 320 g/mol. The van der Waals surface area contributed by atoms with Gasteiger partial charge in [-0.05, 0) is 43.5 Å². The maximum Gasteiger partial charge on any atom is 0.161 e. The van der Waals surface area contributed by atoms with E-state index in [2.05, 4.69) is 21.9 Å². The molecule has 3 rings (SSSR count). The van der Waals surface area contributed by atoms with Crippen molar-refractivity contribution in [2.24, 2.45) is 0 Å². The first-order valence-corrected chi connectivity index (χ1v) is 8.55. The lowest BCUT2D eigenvalue weighted by Crippen LogP contribution is -2.55. The number of methoxy groups -OCH3 is 2. The molecule has 2 heterocycles. The van der Waals surface area contributed by atoms with Gasteiger partial charge < -0.3 is 14.6 Å². The number of rotatable bonds is 6. The second-order valence-corrected chi connectivity index (χ2v) is 6.58. The lowest BCUT2D eigenvalue weighted by atomic mass is 10.0. The van der Waals surface area contributed by atoms with Crippen LogP contribution in [0.4, 0.5) is 0 Å². The number of fused-ring (bicyclic) bond motifs is 1. The summed E-state index contributed by atoms with van der Waals surface area (Å²) in [5, 5.41) is 9.41. The molecule has 1 N–H and O–H groups in total. The Balaban J connectivity index is 1.73. The van der Waals surface area contributed by atoms with Crippen molar-refractivity contribution < 1.29 is 14.6 Å². The van der Waals surface area contributed by atoms with E-state index in [-0.39, 0.29) is 6.61 Å². The summed E-state index contributed by atoms with van der Waals surface area (Å²) < 4.78 is 10.7. The Kier molecular flexibility index (Phi) is 5.41. The van der Waals surface area contributed by atoms with E-state index in [9.17, 15) is 5.11 Å². The zero-order valence-electron chi connectivity index (χ0n) is 14.2. The number of aliphatic hydroxyl groups is 1. The zero-order valence-corrected chi connectivity index (χ0v) is 14.2. The highest BCUT2D eigenvalue weighted by molar-refractivity contribution is 5.42. The number of piperazine rings is 1. The van der Waals surface area contributed by atoms with Crippen molar-refractivity contribution in [1.29, 1.82) is 0 Å². The highest BCUT2D eigenvalue weighted by atomic mass is 16.5. The summed E-state index contributed by atoms with van der Waals surface area (Å²) >= 11 is 0. The van der Waals surface area contributed by atoms with Gasteiger partial charge in [-0.1, -0.05) is 6.07 Å². The van der Waals surface area contributed by atoms with Gasteiger partial charge in [0, 0.05) is 38.3 Å². The van der Waals surface area contributed by atoms with Crippen molar-refractivity contribution in [2.45, 2.75) is 37.9 Å². The molecule has 0 bridgehead atoms. The molecule has 0 aliphatic carbocycles. The van der Waals surface area contributed by atoms with Gasteiger partial charge in [-0.3, -0.25) is 9.80 Å². The van der Waals surface area contributed by atoms with Crippen LogP contribution in [-0.4, -0.2) is 67.5 Å². The van der Waals surface area contributed by atoms with Crippen molar-refractivity contribution in [2.75, 3.05) is 40.5 Å². The summed E-state index contributed by atoms with van der Waals surface area (Å²) in [6.07, 6.45) is 3.45. The Labute approximate surface area is 138 Å². The number of ether oxygens (including phenoxy) is 2. The normalized spacial score (nSPS) is 25.3. The van der Waals surface area contributed by atoms with E-state index in [4.69, 9.17) is 9.47 Å². The topological polar surface area (TPSA) is 45.2 Å². The average Bonchev–Trinajstić information content (AvgIpc) is 3.02. The fourth-order valence-electron chi connectivity index (χ4n) is 3.98. The largest absolute Gasteiger partial charge is 0.493 e. The molecule has 2 atom stereocenters. The fraction of sp³-hybridized carbons (Fsp3) is 0.667. The van der Waals surface area contributed by atoms with Gasteiger partial charge in [0.1, 0.15) is 0 Å². The lowest BCUT2D eigenvalue weighted by molar-refractivity contribution is 0.0333. The van der Waals surface area contributed by atoms with Gasteiger partial charge in [-0.15, -0.1) is 0 Å². The van der Waals surface area contributed by atoms with Gasteiger partial charge in [0.25, 0.3) is 0 Å². The van der Waals surface area contributed by atoms with E-state index in [1.54, 1.807) is 14.2 Å². The van der Waals surface area contributed by atoms with E-state index in [1.165, 1.54) is 24.9 Å². The highest BCUT2D eigenvalue weighted by Crippen LogP contribution is 2.30. The van der Waals surface area contributed by atoms with Gasteiger partial charge in [-0.25, -0.2) is 0 Å². The van der Waals surface area contributed by atoms with E-state index < -0.39 is 0 Å². The Morgan fingerprint density at radius 2 is 2.00 bits per heavy atom. The van der Waals surface area contributed by atoms with Crippen molar-refractivity contribution >= 4 is 0 Å². The first-order valence-electron chi connectivity index (χ1n) is 8.55. The molecule has 1 aromatic rings. The van der Waals surface area contributed by atoms with E-state index in [0.29, 0.717) is 12.1 Å². The minimum absolute atomic E-state index is 0.256. The van der Waals surface area contributed by atoms with Gasteiger partial charge in [0.05, 0.1) is 14.2 Å². The number of hydrogen-bond acceptors (Lipinski definition) is 5. The maximum absolute atomic E-state index is 9.41. The molecule has 0 unspecified atom stereocenters. The molecule has 128 valence electrons. The Hall–Kier alpha value is -1.30. The summed E-state index contributed by atoms with van der Waals surface area (Å²) in [6, 6.07) is 7.27. The predicted molar refractivity (Wildman–Crippen MR) is 90.0 cm³/mol. The Morgan fingerprint density at radius 3 is 2.74 bits per heavy atom. The van der Waals surface area contributed by atoms with E-state index in [1.807, 2.05) is 6.07 Å². The second kappa shape index (κ2) is 7.51. The Morgan fingerprint density at radius 1 is 1.17 bits per heavy atom. The third-order valence-electron chi connectivity index (χ3n) is 5.20. The van der Waals surface area contributed by atoms with Crippen LogP contribution in [-0.2, 0) is 6.54 Å². The molecule has 5 heteroatoms.